The molecule has 0 saturated heterocycles. The Bertz CT molecular complexity index is 414. The highest BCUT2D eigenvalue weighted by molar-refractivity contribution is 5.44. The Labute approximate surface area is 102 Å². The van der Waals surface area contributed by atoms with Gasteiger partial charge in [0.05, 0.1) is 6.10 Å². The summed E-state index contributed by atoms with van der Waals surface area (Å²) in [7, 11) is 1.61. The minimum atomic E-state index is -0.393. The summed E-state index contributed by atoms with van der Waals surface area (Å²) < 4.78 is 11.2. The quantitative estimate of drug-likeness (QED) is 0.874. The lowest BCUT2D eigenvalue weighted by molar-refractivity contribution is -0.149. The molecule has 1 saturated carbocycles. The van der Waals surface area contributed by atoms with Crippen molar-refractivity contribution in [1.82, 2.24) is 0 Å². The molecule has 94 valence electrons. The average molecular weight is 236 g/mol. The first-order chi connectivity index (χ1) is 8.04. The molecule has 1 fully saturated rings. The summed E-state index contributed by atoms with van der Waals surface area (Å²) >= 11 is 0. The van der Waals surface area contributed by atoms with Crippen LogP contribution in [0.3, 0.4) is 0 Å². The highest BCUT2D eigenvalue weighted by Crippen LogP contribution is 2.33. The molecule has 0 aliphatic heterocycles. The first-order valence-corrected chi connectivity index (χ1v) is 5.99. The molecule has 0 spiro atoms. The van der Waals surface area contributed by atoms with Gasteiger partial charge in [0.15, 0.2) is 0 Å². The maximum absolute atomic E-state index is 9.54. The van der Waals surface area contributed by atoms with Crippen LogP contribution in [0.5, 0.6) is 5.75 Å². The molecule has 0 bridgehead atoms. The summed E-state index contributed by atoms with van der Waals surface area (Å²) in [4.78, 5) is 0. The van der Waals surface area contributed by atoms with Crippen LogP contribution in [0.4, 0.5) is 0 Å². The fourth-order valence-electron chi connectivity index (χ4n) is 2.24. The third kappa shape index (κ3) is 2.17. The fraction of sp³-hybridized carbons (Fsp3) is 0.571. The topological polar surface area (TPSA) is 38.7 Å². The van der Waals surface area contributed by atoms with E-state index in [1.165, 1.54) is 11.1 Å². The van der Waals surface area contributed by atoms with Crippen LogP contribution in [-0.2, 0) is 4.74 Å². The number of benzene rings is 1. The van der Waals surface area contributed by atoms with E-state index in [2.05, 4.69) is 26.0 Å². The van der Waals surface area contributed by atoms with Crippen LogP contribution in [0.1, 0.15) is 23.1 Å². The van der Waals surface area contributed by atoms with Gasteiger partial charge in [0, 0.05) is 13.5 Å². The Morgan fingerprint density at radius 3 is 2.41 bits per heavy atom. The van der Waals surface area contributed by atoms with Crippen molar-refractivity contribution in [2.45, 2.75) is 45.5 Å². The van der Waals surface area contributed by atoms with Gasteiger partial charge < -0.3 is 14.6 Å². The predicted octanol–water partition coefficient (Wildman–Crippen LogP) is 2.14. The van der Waals surface area contributed by atoms with E-state index in [0.29, 0.717) is 6.42 Å². The second kappa shape index (κ2) is 4.67. The molecule has 0 amide bonds. The van der Waals surface area contributed by atoms with Gasteiger partial charge >= 0.3 is 0 Å². The first-order valence-electron chi connectivity index (χ1n) is 5.99. The normalized spacial score (nSPS) is 27.7. The van der Waals surface area contributed by atoms with Crippen molar-refractivity contribution in [3.63, 3.8) is 0 Å². The van der Waals surface area contributed by atoms with Gasteiger partial charge in [-0.3, -0.25) is 0 Å². The lowest BCUT2D eigenvalue weighted by Gasteiger charge is -2.40. The zero-order chi connectivity index (χ0) is 12.6. The number of ether oxygens (including phenoxy) is 2. The summed E-state index contributed by atoms with van der Waals surface area (Å²) in [6, 6.07) is 4.16. The van der Waals surface area contributed by atoms with Crippen molar-refractivity contribution in [3.05, 3.63) is 28.8 Å². The molecule has 3 atom stereocenters. The maximum Gasteiger partial charge on any atom is 0.130 e. The minimum Gasteiger partial charge on any atom is -0.487 e. The van der Waals surface area contributed by atoms with Crippen molar-refractivity contribution in [2.24, 2.45) is 0 Å². The molecule has 3 nitrogen and oxygen atoms in total. The number of aliphatic hydroxyl groups is 1. The molecule has 1 aliphatic rings. The number of hydrogen-bond donors (Lipinski definition) is 1. The number of hydrogen-bond acceptors (Lipinski definition) is 3. The summed E-state index contributed by atoms with van der Waals surface area (Å²) in [5.74, 6) is 0.934. The third-order valence-electron chi connectivity index (χ3n) is 3.63. The second-order valence-corrected chi connectivity index (χ2v) is 4.81. The van der Waals surface area contributed by atoms with E-state index in [4.69, 9.17) is 9.47 Å². The highest BCUT2D eigenvalue weighted by atomic mass is 16.6. The van der Waals surface area contributed by atoms with Gasteiger partial charge in [-0.1, -0.05) is 12.1 Å². The van der Waals surface area contributed by atoms with E-state index >= 15 is 0 Å². The Morgan fingerprint density at radius 2 is 1.82 bits per heavy atom. The van der Waals surface area contributed by atoms with Crippen molar-refractivity contribution in [1.29, 1.82) is 0 Å². The standard InChI is InChI=1S/C14H20O3/c1-8-5-6-9(2)13(10(8)3)17-12-7-11(15)14(12)16-4/h5-6,11-12,14-15H,7H2,1-4H3. The average Bonchev–Trinajstić information content (AvgIpc) is 2.28. The molecule has 1 aromatic carbocycles. The van der Waals surface area contributed by atoms with Crippen LogP contribution in [0.2, 0.25) is 0 Å². The molecule has 0 heterocycles. The number of rotatable bonds is 3. The van der Waals surface area contributed by atoms with E-state index in [1.807, 2.05) is 6.92 Å². The first kappa shape index (κ1) is 12.4. The summed E-state index contributed by atoms with van der Waals surface area (Å²) in [5, 5.41) is 9.54. The monoisotopic (exact) mass is 236 g/mol. The van der Waals surface area contributed by atoms with E-state index in [9.17, 15) is 5.11 Å². The van der Waals surface area contributed by atoms with E-state index in [0.717, 1.165) is 11.3 Å². The Kier molecular flexibility index (Phi) is 3.40. The van der Waals surface area contributed by atoms with Gasteiger partial charge in [-0.2, -0.15) is 0 Å². The molecular weight excluding hydrogens is 216 g/mol. The van der Waals surface area contributed by atoms with Crippen molar-refractivity contribution < 1.29 is 14.6 Å². The zero-order valence-corrected chi connectivity index (χ0v) is 10.9. The van der Waals surface area contributed by atoms with Crippen LogP contribution < -0.4 is 4.74 Å². The van der Waals surface area contributed by atoms with Gasteiger partial charge in [-0.25, -0.2) is 0 Å². The van der Waals surface area contributed by atoms with Crippen LogP contribution >= 0.6 is 0 Å². The van der Waals surface area contributed by atoms with E-state index < -0.39 is 6.10 Å². The molecule has 3 unspecified atom stereocenters. The SMILES string of the molecule is COC1C(O)CC1Oc1c(C)ccc(C)c1C. The molecule has 17 heavy (non-hydrogen) atoms. The van der Waals surface area contributed by atoms with Crippen LogP contribution in [0.15, 0.2) is 12.1 Å². The second-order valence-electron chi connectivity index (χ2n) is 4.81. The fourth-order valence-corrected chi connectivity index (χ4v) is 2.24. The molecule has 2 rings (SSSR count). The molecule has 1 aliphatic carbocycles. The summed E-state index contributed by atoms with van der Waals surface area (Å²) in [5.41, 5.74) is 3.52. The van der Waals surface area contributed by atoms with E-state index in [-0.39, 0.29) is 12.2 Å². The van der Waals surface area contributed by atoms with Crippen LogP contribution in [0.25, 0.3) is 0 Å². The molecule has 0 aromatic heterocycles. The van der Waals surface area contributed by atoms with Crippen molar-refractivity contribution >= 4 is 0 Å². The summed E-state index contributed by atoms with van der Waals surface area (Å²) in [6.07, 6.45) is 0.0182. The molecule has 1 aromatic rings. The number of methoxy groups -OCH3 is 1. The van der Waals surface area contributed by atoms with Crippen molar-refractivity contribution in [3.8, 4) is 5.75 Å². The zero-order valence-electron chi connectivity index (χ0n) is 10.9. The van der Waals surface area contributed by atoms with Crippen LogP contribution in [-0.4, -0.2) is 30.5 Å². The van der Waals surface area contributed by atoms with Gasteiger partial charge in [0.25, 0.3) is 0 Å². The summed E-state index contributed by atoms with van der Waals surface area (Å²) in [6.45, 7) is 6.18. The van der Waals surface area contributed by atoms with E-state index in [1.54, 1.807) is 7.11 Å². The minimum absolute atomic E-state index is 0.0331. The highest BCUT2D eigenvalue weighted by Gasteiger charge is 2.42. The van der Waals surface area contributed by atoms with Crippen LogP contribution in [0, 0.1) is 20.8 Å². The molecule has 0 radical (unpaired) electrons. The number of aliphatic hydroxyl groups excluding tert-OH is 1. The van der Waals surface area contributed by atoms with Crippen molar-refractivity contribution in [2.75, 3.05) is 7.11 Å². The van der Waals surface area contributed by atoms with Gasteiger partial charge in [0.1, 0.15) is 18.0 Å². The van der Waals surface area contributed by atoms with Gasteiger partial charge in [-0.05, 0) is 37.5 Å². The van der Waals surface area contributed by atoms with Gasteiger partial charge in [0.2, 0.25) is 0 Å². The lowest BCUT2D eigenvalue weighted by Crippen LogP contribution is -2.54. The largest absolute Gasteiger partial charge is 0.487 e. The smallest absolute Gasteiger partial charge is 0.130 e. The Morgan fingerprint density at radius 1 is 1.18 bits per heavy atom. The lowest BCUT2D eigenvalue weighted by atomic mass is 9.88. The maximum atomic E-state index is 9.54. The Balaban J connectivity index is 2.17. The Hall–Kier alpha value is -1.06. The third-order valence-corrected chi connectivity index (χ3v) is 3.63. The number of aryl methyl sites for hydroxylation is 2. The van der Waals surface area contributed by atoms with Gasteiger partial charge in [-0.15, -0.1) is 0 Å². The molecule has 3 heteroatoms. The molecule has 1 N–H and O–H groups in total. The molecular formula is C14H20O3. The predicted molar refractivity (Wildman–Crippen MR) is 66.5 cm³/mol.